The number of nitrogen functional groups attached to an aromatic ring is 1. The molecule has 0 spiro atoms. The van der Waals surface area contributed by atoms with Crippen molar-refractivity contribution in [2.24, 2.45) is 7.05 Å². The number of aryl methyl sites for hydroxylation is 1. The highest BCUT2D eigenvalue weighted by Crippen LogP contribution is 2.39. The second kappa shape index (κ2) is 14.9. The van der Waals surface area contributed by atoms with Gasteiger partial charge in [-0.05, 0) is 52.2 Å². The maximum Gasteiger partial charge on any atom is 0.224 e. The number of aromatic nitrogens is 4. The fourth-order valence-electron chi connectivity index (χ4n) is 4.75. The number of aliphatic hydroxyl groups excluding tert-OH is 1. The maximum atomic E-state index is 12.7. The van der Waals surface area contributed by atoms with Gasteiger partial charge in [0.1, 0.15) is 0 Å². The van der Waals surface area contributed by atoms with Crippen molar-refractivity contribution in [2.75, 3.05) is 22.1 Å². The van der Waals surface area contributed by atoms with E-state index in [1.165, 1.54) is 11.8 Å². The predicted molar refractivity (Wildman–Crippen MR) is 166 cm³/mol. The molecule has 1 fully saturated rings. The third-order valence-corrected chi connectivity index (χ3v) is 8.22. The average Bonchev–Trinajstić information content (AvgIpc) is 3.45. The average molecular weight is 618 g/mol. The standard InChI is InChI=1S/C31H35N7O5S/c1-38-31(35-36-37-38)44-19-24-17-27(21-14-12-20(18-39)13-15-21)43-30(42-24)22-6-4-7-23(16-22)33-28(40)10-5-11-29(41)34-26-9-3-2-8-25(26)32/h2-4,6-9,12-16,24,27,30,39H,5,10-11,17-19,32H2,1H3,(H,33,40)(H,34,41)/t24-,27+,30+/m1/s1. The number of nitrogens with two attached hydrogens (primary N) is 1. The lowest BCUT2D eigenvalue weighted by molar-refractivity contribution is -0.245. The number of ether oxygens (including phenoxy) is 2. The first-order valence-corrected chi connectivity index (χ1v) is 15.3. The minimum absolute atomic E-state index is 0.0307. The van der Waals surface area contributed by atoms with Gasteiger partial charge < -0.3 is 30.9 Å². The second-order valence-electron chi connectivity index (χ2n) is 10.4. The van der Waals surface area contributed by atoms with Gasteiger partial charge in [0.2, 0.25) is 17.0 Å². The molecule has 3 aromatic carbocycles. The van der Waals surface area contributed by atoms with Gasteiger partial charge in [0.25, 0.3) is 0 Å². The summed E-state index contributed by atoms with van der Waals surface area (Å²) in [5, 5.41) is 27.5. The summed E-state index contributed by atoms with van der Waals surface area (Å²) in [7, 11) is 1.79. The van der Waals surface area contributed by atoms with E-state index in [0.29, 0.717) is 40.8 Å². The van der Waals surface area contributed by atoms with E-state index in [1.807, 2.05) is 42.5 Å². The van der Waals surface area contributed by atoms with Crippen LogP contribution in [0, 0.1) is 0 Å². The number of tetrazole rings is 1. The van der Waals surface area contributed by atoms with Crippen LogP contribution in [0.2, 0.25) is 0 Å². The third kappa shape index (κ3) is 8.41. The molecule has 1 aliphatic rings. The minimum Gasteiger partial charge on any atom is -0.397 e. The highest BCUT2D eigenvalue weighted by molar-refractivity contribution is 7.99. The molecule has 2 heterocycles. The van der Waals surface area contributed by atoms with Crippen LogP contribution >= 0.6 is 11.8 Å². The largest absolute Gasteiger partial charge is 0.397 e. The van der Waals surface area contributed by atoms with Gasteiger partial charge in [-0.25, -0.2) is 4.68 Å². The number of carbonyl (C=O) groups excluding carboxylic acids is 2. The first-order chi connectivity index (χ1) is 21.4. The summed E-state index contributed by atoms with van der Waals surface area (Å²) in [6.07, 6.45) is 0.273. The molecule has 230 valence electrons. The number of amides is 2. The number of para-hydroxylation sites is 2. The van der Waals surface area contributed by atoms with Crippen molar-refractivity contribution in [3.05, 3.63) is 89.5 Å². The first-order valence-electron chi connectivity index (χ1n) is 14.3. The van der Waals surface area contributed by atoms with E-state index < -0.39 is 6.29 Å². The van der Waals surface area contributed by atoms with E-state index in [2.05, 4.69) is 26.2 Å². The van der Waals surface area contributed by atoms with Crippen LogP contribution in [0.5, 0.6) is 0 Å². The summed E-state index contributed by atoms with van der Waals surface area (Å²) in [5.74, 6) is 0.209. The fraction of sp³-hybridized carbons (Fsp3) is 0.323. The van der Waals surface area contributed by atoms with Gasteiger partial charge in [0.05, 0.1) is 30.2 Å². The van der Waals surface area contributed by atoms with Crippen molar-refractivity contribution in [2.45, 2.75) is 55.9 Å². The molecular formula is C31H35N7O5S. The lowest BCUT2D eigenvalue weighted by Gasteiger charge is -2.36. The number of benzene rings is 3. The third-order valence-electron chi connectivity index (χ3n) is 7.08. The molecule has 12 nitrogen and oxygen atoms in total. The Kier molecular flexibility index (Phi) is 10.6. The Morgan fingerprint density at radius 3 is 2.50 bits per heavy atom. The van der Waals surface area contributed by atoms with Crippen molar-refractivity contribution in [1.82, 2.24) is 20.2 Å². The van der Waals surface area contributed by atoms with Crippen molar-refractivity contribution < 1.29 is 24.2 Å². The van der Waals surface area contributed by atoms with E-state index >= 15 is 0 Å². The molecule has 1 aromatic heterocycles. The Bertz CT molecular complexity index is 1570. The number of rotatable bonds is 12. The highest BCUT2D eigenvalue weighted by Gasteiger charge is 2.32. The Balaban J connectivity index is 1.20. The molecule has 2 amide bonds. The summed E-state index contributed by atoms with van der Waals surface area (Å²) < 4.78 is 14.4. The maximum absolute atomic E-state index is 12.7. The van der Waals surface area contributed by atoms with Crippen LogP contribution in [0.1, 0.15) is 54.8 Å². The monoisotopic (exact) mass is 617 g/mol. The van der Waals surface area contributed by atoms with E-state index in [9.17, 15) is 14.7 Å². The molecular weight excluding hydrogens is 582 g/mol. The number of anilines is 3. The van der Waals surface area contributed by atoms with Crippen molar-refractivity contribution in [1.29, 1.82) is 0 Å². The zero-order valence-corrected chi connectivity index (χ0v) is 25.1. The molecule has 44 heavy (non-hydrogen) atoms. The quantitative estimate of drug-likeness (QED) is 0.132. The fourth-order valence-corrected chi connectivity index (χ4v) is 5.62. The Morgan fingerprint density at radius 1 is 1.00 bits per heavy atom. The first kappa shape index (κ1) is 31.1. The van der Waals surface area contributed by atoms with E-state index in [1.54, 1.807) is 42.1 Å². The lowest BCUT2D eigenvalue weighted by Crippen LogP contribution is -2.31. The molecule has 0 bridgehead atoms. The van der Waals surface area contributed by atoms with Gasteiger partial charge in [-0.3, -0.25) is 9.59 Å². The van der Waals surface area contributed by atoms with Crippen LogP contribution in [0.3, 0.4) is 0 Å². The number of nitrogens with one attached hydrogen (secondary N) is 2. The topological polar surface area (TPSA) is 167 Å². The second-order valence-corrected chi connectivity index (χ2v) is 11.4. The van der Waals surface area contributed by atoms with E-state index in [4.69, 9.17) is 15.2 Å². The minimum atomic E-state index is -0.680. The molecule has 1 aliphatic heterocycles. The molecule has 13 heteroatoms. The summed E-state index contributed by atoms with van der Waals surface area (Å²) in [5.41, 5.74) is 10.1. The summed E-state index contributed by atoms with van der Waals surface area (Å²) in [6, 6.07) is 22.1. The molecule has 5 N–H and O–H groups in total. The van der Waals surface area contributed by atoms with Gasteiger partial charge in [-0.15, -0.1) is 5.10 Å². The molecule has 0 radical (unpaired) electrons. The molecule has 1 saturated heterocycles. The number of aliphatic hydroxyl groups is 1. The van der Waals surface area contributed by atoms with Crippen molar-refractivity contribution >= 4 is 40.6 Å². The van der Waals surface area contributed by atoms with Gasteiger partial charge in [-0.1, -0.05) is 60.3 Å². The number of nitrogens with zero attached hydrogens (tertiary/aromatic N) is 4. The SMILES string of the molecule is Cn1nnnc1SC[C@H]1C[C@@H](c2ccc(CO)cc2)O[C@@H](c2cccc(NC(=O)CCCC(=O)Nc3ccccc3N)c2)O1. The van der Waals surface area contributed by atoms with Crippen LogP contribution in [-0.4, -0.2) is 49.0 Å². The van der Waals surface area contributed by atoms with Crippen LogP contribution in [0.15, 0.2) is 78.0 Å². The van der Waals surface area contributed by atoms with Gasteiger partial charge in [0, 0.05) is 43.3 Å². The van der Waals surface area contributed by atoms with Gasteiger partial charge in [-0.2, -0.15) is 0 Å². The highest BCUT2D eigenvalue weighted by atomic mass is 32.2. The predicted octanol–water partition coefficient (Wildman–Crippen LogP) is 4.37. The zero-order valence-electron chi connectivity index (χ0n) is 24.3. The van der Waals surface area contributed by atoms with E-state index in [-0.39, 0.29) is 43.5 Å². The zero-order chi connectivity index (χ0) is 30.9. The van der Waals surface area contributed by atoms with Gasteiger partial charge in [0.15, 0.2) is 6.29 Å². The molecule has 0 saturated carbocycles. The number of thioether (sulfide) groups is 1. The molecule has 0 aliphatic carbocycles. The molecule has 5 rings (SSSR count). The van der Waals surface area contributed by atoms with Crippen LogP contribution in [-0.2, 0) is 32.7 Å². The van der Waals surface area contributed by atoms with Crippen LogP contribution in [0.25, 0.3) is 0 Å². The lowest BCUT2D eigenvalue weighted by atomic mass is 10.0. The number of hydrogen-bond donors (Lipinski definition) is 4. The number of hydrogen-bond acceptors (Lipinski definition) is 10. The van der Waals surface area contributed by atoms with Crippen LogP contribution in [0.4, 0.5) is 17.1 Å². The van der Waals surface area contributed by atoms with Crippen LogP contribution < -0.4 is 16.4 Å². The number of carbonyl (C=O) groups is 2. The summed E-state index contributed by atoms with van der Waals surface area (Å²) in [4.78, 5) is 25.0. The Morgan fingerprint density at radius 2 is 1.77 bits per heavy atom. The van der Waals surface area contributed by atoms with Gasteiger partial charge >= 0.3 is 0 Å². The Labute approximate surface area is 259 Å². The summed E-state index contributed by atoms with van der Waals surface area (Å²) in [6.45, 7) is -0.0307. The molecule has 3 atom stereocenters. The van der Waals surface area contributed by atoms with Crippen molar-refractivity contribution in [3.63, 3.8) is 0 Å². The normalized spacial score (nSPS) is 18.1. The molecule has 4 aromatic rings. The Hall–Kier alpha value is -4.30. The summed E-state index contributed by atoms with van der Waals surface area (Å²) >= 11 is 1.50. The van der Waals surface area contributed by atoms with E-state index in [0.717, 1.165) is 16.7 Å². The smallest absolute Gasteiger partial charge is 0.224 e. The molecule has 0 unspecified atom stereocenters. The van der Waals surface area contributed by atoms with Crippen molar-refractivity contribution in [3.8, 4) is 0 Å².